The Labute approximate surface area is 202 Å². The van der Waals surface area contributed by atoms with Crippen molar-refractivity contribution in [3.05, 3.63) is 65.4 Å². The van der Waals surface area contributed by atoms with Crippen molar-refractivity contribution < 1.29 is 28.9 Å². The standard InChI is InChI=1S/C24H27N4O6P/c1-24(2,3)21-20(30)19(23(31)28(21)12-14-7-5-4-6-8-14)22-26-16-10-9-15(34-13-18(25)29)11-17(16)35(32,33)27-22/h4-11,21,30H,12-13H2,1-3H3,(H2,25,29)(H2,26,27,32,33). The molecule has 4 rings (SSSR count). The van der Waals surface area contributed by atoms with Gasteiger partial charge in [-0.1, -0.05) is 51.1 Å². The van der Waals surface area contributed by atoms with E-state index in [-0.39, 0.29) is 40.5 Å². The molecule has 0 bridgehead atoms. The van der Waals surface area contributed by atoms with Crippen molar-refractivity contribution >= 4 is 36.2 Å². The number of amides is 2. The first kappa shape index (κ1) is 24.5. The quantitative estimate of drug-likeness (QED) is 0.446. The molecular formula is C24H27N4O6P. The van der Waals surface area contributed by atoms with Crippen molar-refractivity contribution in [3.8, 4) is 5.75 Å². The lowest BCUT2D eigenvalue weighted by atomic mass is 9.85. The molecule has 0 aromatic heterocycles. The zero-order chi connectivity index (χ0) is 25.5. The molecule has 0 aliphatic carbocycles. The van der Waals surface area contributed by atoms with E-state index >= 15 is 0 Å². The molecule has 2 aromatic carbocycles. The summed E-state index contributed by atoms with van der Waals surface area (Å²) in [5.41, 5.74) is 5.52. The second-order valence-electron chi connectivity index (χ2n) is 9.50. The van der Waals surface area contributed by atoms with Crippen LogP contribution in [0, 0.1) is 5.41 Å². The summed E-state index contributed by atoms with van der Waals surface area (Å²) in [6.07, 6.45) is 0. The average molecular weight is 498 g/mol. The number of carbonyl (C=O) groups excluding carboxylic acids is 2. The molecule has 184 valence electrons. The van der Waals surface area contributed by atoms with Crippen molar-refractivity contribution in [2.45, 2.75) is 33.4 Å². The highest BCUT2D eigenvalue weighted by Crippen LogP contribution is 2.48. The van der Waals surface area contributed by atoms with Crippen LogP contribution in [0.25, 0.3) is 0 Å². The van der Waals surface area contributed by atoms with Crippen LogP contribution in [0.2, 0.25) is 0 Å². The van der Waals surface area contributed by atoms with E-state index in [1.54, 1.807) is 4.90 Å². The molecule has 2 amide bonds. The normalized spacial score (nSPS) is 21.9. The van der Waals surface area contributed by atoms with Gasteiger partial charge in [-0.25, -0.2) is 0 Å². The molecule has 0 saturated heterocycles. The van der Waals surface area contributed by atoms with E-state index in [9.17, 15) is 24.2 Å². The summed E-state index contributed by atoms with van der Waals surface area (Å²) in [6, 6.07) is 13.0. The van der Waals surface area contributed by atoms with Crippen molar-refractivity contribution in [1.29, 1.82) is 0 Å². The van der Waals surface area contributed by atoms with Crippen LogP contribution in [0.4, 0.5) is 5.69 Å². The van der Waals surface area contributed by atoms with E-state index < -0.39 is 37.4 Å². The molecule has 5 N–H and O–H groups in total. The summed E-state index contributed by atoms with van der Waals surface area (Å²) in [6.45, 7) is 5.56. The van der Waals surface area contributed by atoms with Crippen molar-refractivity contribution in [2.24, 2.45) is 15.9 Å². The fourth-order valence-corrected chi connectivity index (χ4v) is 5.52. The predicted octanol–water partition coefficient (Wildman–Crippen LogP) is 2.45. The monoisotopic (exact) mass is 498 g/mol. The third-order valence-electron chi connectivity index (χ3n) is 5.71. The van der Waals surface area contributed by atoms with Gasteiger partial charge in [-0.3, -0.25) is 14.2 Å². The third-order valence-corrected chi connectivity index (χ3v) is 7.18. The fourth-order valence-electron chi connectivity index (χ4n) is 4.26. The summed E-state index contributed by atoms with van der Waals surface area (Å²) in [7, 11) is -4.35. The van der Waals surface area contributed by atoms with Crippen LogP contribution >= 0.6 is 7.52 Å². The van der Waals surface area contributed by atoms with Crippen LogP contribution in [-0.4, -0.2) is 45.2 Å². The number of fused-ring (bicyclic) bond motifs is 1. The van der Waals surface area contributed by atoms with Crippen LogP contribution in [0.5, 0.6) is 5.75 Å². The molecule has 0 spiro atoms. The van der Waals surface area contributed by atoms with Gasteiger partial charge in [-0.2, -0.15) is 4.76 Å². The summed E-state index contributed by atoms with van der Waals surface area (Å²) < 4.78 is 22.3. The molecular weight excluding hydrogens is 471 g/mol. The van der Waals surface area contributed by atoms with Gasteiger partial charge in [0.2, 0.25) is 0 Å². The number of hydrogen-bond donors (Lipinski definition) is 4. The number of aliphatic hydroxyl groups is 1. The first-order valence-electron chi connectivity index (χ1n) is 10.9. The van der Waals surface area contributed by atoms with Crippen molar-refractivity contribution in [2.75, 3.05) is 11.9 Å². The van der Waals surface area contributed by atoms with Gasteiger partial charge < -0.3 is 30.7 Å². The van der Waals surface area contributed by atoms with Gasteiger partial charge in [-0.05, 0) is 29.2 Å². The topological polar surface area (TPSA) is 155 Å². The number of nitrogens with zero attached hydrogens (tertiary/aromatic N) is 2. The zero-order valence-electron chi connectivity index (χ0n) is 19.6. The van der Waals surface area contributed by atoms with Gasteiger partial charge in [0, 0.05) is 6.54 Å². The van der Waals surface area contributed by atoms with Gasteiger partial charge >= 0.3 is 7.52 Å². The summed E-state index contributed by atoms with van der Waals surface area (Å²) in [5, 5.41) is 14.1. The van der Waals surface area contributed by atoms with E-state index in [2.05, 4.69) is 10.1 Å². The number of benzene rings is 2. The average Bonchev–Trinajstić information content (AvgIpc) is 3.02. The maximum Gasteiger partial charge on any atom is 0.346 e. The molecule has 2 heterocycles. The van der Waals surface area contributed by atoms with Gasteiger partial charge in [-0.15, -0.1) is 0 Å². The highest BCUT2D eigenvalue weighted by molar-refractivity contribution is 7.65. The molecule has 0 saturated carbocycles. The van der Waals surface area contributed by atoms with E-state index in [0.29, 0.717) is 0 Å². The number of amidine groups is 1. The van der Waals surface area contributed by atoms with Crippen LogP contribution in [0.15, 0.2) is 64.6 Å². The van der Waals surface area contributed by atoms with Crippen LogP contribution in [0.3, 0.4) is 0 Å². The Hall–Kier alpha value is -3.62. The van der Waals surface area contributed by atoms with E-state index in [1.807, 2.05) is 51.1 Å². The maximum atomic E-state index is 13.6. The number of anilines is 1. The maximum absolute atomic E-state index is 13.6. The Balaban J connectivity index is 1.71. The molecule has 10 nitrogen and oxygen atoms in total. The minimum Gasteiger partial charge on any atom is -0.509 e. The van der Waals surface area contributed by atoms with Crippen LogP contribution < -0.4 is 21.1 Å². The number of hydrogen-bond acceptors (Lipinski definition) is 6. The third kappa shape index (κ3) is 4.80. The van der Waals surface area contributed by atoms with Gasteiger partial charge in [0.25, 0.3) is 11.8 Å². The van der Waals surface area contributed by atoms with E-state index in [0.717, 1.165) is 5.56 Å². The number of nitrogens with one attached hydrogen (secondary N) is 1. The second-order valence-corrected chi connectivity index (χ2v) is 11.3. The minimum absolute atomic E-state index is 0.0535. The SMILES string of the molecule is CC(C)(C)C1C(O)=C(C2=NP(=O)(O)c3cc(OCC(N)=O)ccc3N2)C(=O)N1Cc1ccccc1. The number of ether oxygens (including phenoxy) is 1. The molecule has 35 heavy (non-hydrogen) atoms. The van der Waals surface area contributed by atoms with E-state index in [4.69, 9.17) is 10.5 Å². The summed E-state index contributed by atoms with van der Waals surface area (Å²) >= 11 is 0. The number of primary amides is 1. The highest BCUT2D eigenvalue weighted by atomic mass is 31.2. The lowest BCUT2D eigenvalue weighted by Crippen LogP contribution is -2.43. The highest BCUT2D eigenvalue weighted by Gasteiger charge is 2.48. The molecule has 0 fully saturated rings. The molecule has 11 heteroatoms. The first-order chi connectivity index (χ1) is 16.4. The smallest absolute Gasteiger partial charge is 0.346 e. The molecule has 2 aliphatic heterocycles. The number of rotatable bonds is 6. The summed E-state index contributed by atoms with van der Waals surface area (Å²) in [4.78, 5) is 36.8. The van der Waals surface area contributed by atoms with E-state index in [1.165, 1.54) is 18.2 Å². The largest absolute Gasteiger partial charge is 0.509 e. The minimum atomic E-state index is -4.35. The molecule has 2 aromatic rings. The molecule has 2 atom stereocenters. The molecule has 2 unspecified atom stereocenters. The fraction of sp³-hybridized carbons (Fsp3) is 0.292. The van der Waals surface area contributed by atoms with Gasteiger partial charge in [0.15, 0.2) is 12.4 Å². The predicted molar refractivity (Wildman–Crippen MR) is 132 cm³/mol. The Morgan fingerprint density at radius 1 is 1.23 bits per heavy atom. The Kier molecular flexibility index (Phi) is 6.21. The van der Waals surface area contributed by atoms with Crippen LogP contribution in [0.1, 0.15) is 26.3 Å². The Morgan fingerprint density at radius 2 is 1.91 bits per heavy atom. The van der Waals surface area contributed by atoms with Crippen LogP contribution in [-0.2, 0) is 20.7 Å². The number of nitrogens with two attached hydrogens (primary N) is 1. The number of aliphatic hydroxyl groups excluding tert-OH is 1. The lowest BCUT2D eigenvalue weighted by molar-refractivity contribution is -0.129. The molecule has 2 aliphatic rings. The lowest BCUT2D eigenvalue weighted by Gasteiger charge is -2.35. The Bertz CT molecular complexity index is 1300. The zero-order valence-corrected chi connectivity index (χ0v) is 20.5. The van der Waals surface area contributed by atoms with Gasteiger partial charge in [0.05, 0.1) is 17.0 Å². The van der Waals surface area contributed by atoms with Crippen molar-refractivity contribution in [3.63, 3.8) is 0 Å². The second kappa shape index (κ2) is 8.87. The molecule has 0 radical (unpaired) electrons. The van der Waals surface area contributed by atoms with Gasteiger partial charge in [0.1, 0.15) is 17.1 Å². The summed E-state index contributed by atoms with van der Waals surface area (Å²) in [5.74, 6) is -1.42. The van der Waals surface area contributed by atoms with Crippen molar-refractivity contribution in [1.82, 2.24) is 4.90 Å². The Morgan fingerprint density at radius 3 is 2.54 bits per heavy atom. The number of carbonyl (C=O) groups is 2. The first-order valence-corrected chi connectivity index (χ1v) is 12.5.